The highest BCUT2D eigenvalue weighted by Gasteiger charge is 2.38. The van der Waals surface area contributed by atoms with Gasteiger partial charge in [0.1, 0.15) is 0 Å². The second-order valence-corrected chi connectivity index (χ2v) is 4.99. The number of amides is 1. The molecule has 1 fully saturated rings. The molecule has 0 aromatic rings. The van der Waals surface area contributed by atoms with E-state index in [-0.39, 0.29) is 17.6 Å². The van der Waals surface area contributed by atoms with Gasteiger partial charge in [-0.3, -0.25) is 4.90 Å². The number of nitrogens with two attached hydrogens (primary N) is 1. The van der Waals surface area contributed by atoms with E-state index in [1.54, 1.807) is 0 Å². The highest BCUT2D eigenvalue weighted by atomic mass is 16.4. The lowest BCUT2D eigenvalue weighted by Gasteiger charge is -2.39. The molecular formula is C10H20N2O2. The molecule has 2 unspecified atom stereocenters. The number of carbonyl (C=O) groups is 1. The molecule has 0 aliphatic heterocycles. The fourth-order valence-electron chi connectivity index (χ4n) is 2.22. The van der Waals surface area contributed by atoms with Gasteiger partial charge in [-0.2, -0.15) is 0 Å². The van der Waals surface area contributed by atoms with Gasteiger partial charge in [0.05, 0.1) is 6.04 Å². The van der Waals surface area contributed by atoms with Gasteiger partial charge in [-0.1, -0.05) is 0 Å². The molecule has 2 atom stereocenters. The zero-order chi connectivity index (χ0) is 10.9. The van der Waals surface area contributed by atoms with Gasteiger partial charge in [0.2, 0.25) is 0 Å². The van der Waals surface area contributed by atoms with E-state index in [9.17, 15) is 4.79 Å². The molecule has 1 amide bonds. The lowest BCUT2D eigenvalue weighted by atomic mass is 10.0. The quantitative estimate of drug-likeness (QED) is 0.676. The van der Waals surface area contributed by atoms with Gasteiger partial charge in [0, 0.05) is 11.6 Å². The normalized spacial score (nSPS) is 27.7. The van der Waals surface area contributed by atoms with Gasteiger partial charge in [-0.05, 0) is 40.0 Å². The fraction of sp³-hybridized carbons (Fsp3) is 0.900. The van der Waals surface area contributed by atoms with E-state index < -0.39 is 6.09 Å². The molecule has 4 nitrogen and oxygen atoms in total. The van der Waals surface area contributed by atoms with Gasteiger partial charge < -0.3 is 10.8 Å². The van der Waals surface area contributed by atoms with Crippen molar-refractivity contribution in [2.45, 2.75) is 57.7 Å². The van der Waals surface area contributed by atoms with Crippen molar-refractivity contribution in [1.29, 1.82) is 0 Å². The zero-order valence-electron chi connectivity index (χ0n) is 9.16. The van der Waals surface area contributed by atoms with Crippen molar-refractivity contribution < 1.29 is 9.90 Å². The van der Waals surface area contributed by atoms with E-state index in [0.717, 1.165) is 19.3 Å². The summed E-state index contributed by atoms with van der Waals surface area (Å²) in [6, 6.07) is -0.00201. The smallest absolute Gasteiger partial charge is 0.408 e. The molecule has 4 heteroatoms. The fourth-order valence-corrected chi connectivity index (χ4v) is 2.22. The maximum absolute atomic E-state index is 11.1. The Labute approximate surface area is 85.1 Å². The maximum Gasteiger partial charge on any atom is 0.408 e. The van der Waals surface area contributed by atoms with E-state index in [1.165, 1.54) is 4.90 Å². The molecule has 0 heterocycles. The molecule has 0 radical (unpaired) electrons. The Kier molecular flexibility index (Phi) is 3.04. The van der Waals surface area contributed by atoms with Crippen LogP contribution in [-0.2, 0) is 0 Å². The molecule has 1 aliphatic rings. The lowest BCUT2D eigenvalue weighted by molar-refractivity contribution is 0.0671. The van der Waals surface area contributed by atoms with Gasteiger partial charge in [-0.25, -0.2) is 4.79 Å². The van der Waals surface area contributed by atoms with Crippen molar-refractivity contribution in [2.75, 3.05) is 0 Å². The summed E-state index contributed by atoms with van der Waals surface area (Å²) < 4.78 is 0. The average Bonchev–Trinajstić information content (AvgIpc) is 2.32. The molecule has 1 aliphatic carbocycles. The molecule has 0 bridgehead atoms. The van der Waals surface area contributed by atoms with Gasteiger partial charge >= 0.3 is 6.09 Å². The largest absolute Gasteiger partial charge is 0.465 e. The second kappa shape index (κ2) is 3.77. The van der Waals surface area contributed by atoms with Crippen LogP contribution in [0.3, 0.4) is 0 Å². The third-order valence-electron chi connectivity index (χ3n) is 2.79. The first-order chi connectivity index (χ1) is 6.34. The predicted molar refractivity (Wildman–Crippen MR) is 55.2 cm³/mol. The lowest BCUT2D eigenvalue weighted by Crippen LogP contribution is -2.55. The summed E-state index contributed by atoms with van der Waals surface area (Å²) in [5.41, 5.74) is 5.55. The van der Waals surface area contributed by atoms with Crippen molar-refractivity contribution >= 4 is 6.09 Å². The van der Waals surface area contributed by atoms with Crippen LogP contribution in [0.1, 0.15) is 40.0 Å². The Hall–Kier alpha value is -0.770. The molecule has 1 rings (SSSR count). The Morgan fingerprint density at radius 2 is 2.00 bits per heavy atom. The van der Waals surface area contributed by atoms with Crippen LogP contribution in [0.4, 0.5) is 4.79 Å². The number of hydrogen-bond acceptors (Lipinski definition) is 2. The predicted octanol–water partition coefficient (Wildman–Crippen LogP) is 1.64. The highest BCUT2D eigenvalue weighted by Crippen LogP contribution is 2.28. The Morgan fingerprint density at radius 3 is 2.29 bits per heavy atom. The number of nitrogens with zero attached hydrogens (tertiary/aromatic N) is 1. The first-order valence-corrected chi connectivity index (χ1v) is 5.12. The minimum absolute atomic E-state index is 0.00493. The summed E-state index contributed by atoms with van der Waals surface area (Å²) in [6.07, 6.45) is 2.00. The average molecular weight is 200 g/mol. The van der Waals surface area contributed by atoms with Crippen molar-refractivity contribution in [3.05, 3.63) is 0 Å². The molecule has 82 valence electrons. The number of hydrogen-bond donors (Lipinski definition) is 2. The van der Waals surface area contributed by atoms with Crippen LogP contribution >= 0.6 is 0 Å². The van der Waals surface area contributed by atoms with Crippen LogP contribution in [0.5, 0.6) is 0 Å². The molecule has 3 N–H and O–H groups in total. The van der Waals surface area contributed by atoms with E-state index in [0.29, 0.717) is 0 Å². The van der Waals surface area contributed by atoms with Crippen molar-refractivity contribution in [3.8, 4) is 0 Å². The molecule has 0 aromatic carbocycles. The standard InChI is InChI=1S/C10H20N2O2/c1-10(2,3)12(9(13)14)8-6-4-5-7(8)11/h7-8H,4-6,11H2,1-3H3,(H,13,14). The van der Waals surface area contributed by atoms with Crippen LogP contribution in [0.15, 0.2) is 0 Å². The molecule has 0 spiro atoms. The summed E-state index contributed by atoms with van der Waals surface area (Å²) >= 11 is 0. The van der Waals surface area contributed by atoms with Gasteiger partial charge in [0.25, 0.3) is 0 Å². The van der Waals surface area contributed by atoms with Gasteiger partial charge in [-0.15, -0.1) is 0 Å². The summed E-state index contributed by atoms with van der Waals surface area (Å²) in [5.74, 6) is 0. The number of rotatable bonds is 1. The first-order valence-electron chi connectivity index (χ1n) is 5.12. The van der Waals surface area contributed by atoms with Crippen molar-refractivity contribution in [2.24, 2.45) is 5.73 Å². The Balaban J connectivity index is 2.83. The van der Waals surface area contributed by atoms with Crippen LogP contribution < -0.4 is 5.73 Å². The third kappa shape index (κ3) is 2.18. The molecule has 0 saturated heterocycles. The molecule has 0 aromatic heterocycles. The van der Waals surface area contributed by atoms with Gasteiger partial charge in [0.15, 0.2) is 0 Å². The monoisotopic (exact) mass is 200 g/mol. The van der Waals surface area contributed by atoms with E-state index in [4.69, 9.17) is 10.8 Å². The summed E-state index contributed by atoms with van der Waals surface area (Å²) in [5, 5.41) is 9.16. The first kappa shape index (κ1) is 11.3. The zero-order valence-corrected chi connectivity index (χ0v) is 9.16. The summed E-state index contributed by atoms with van der Waals surface area (Å²) in [7, 11) is 0. The van der Waals surface area contributed by atoms with Crippen LogP contribution in [0.25, 0.3) is 0 Å². The number of carboxylic acid groups (broad SMARTS) is 1. The molecular weight excluding hydrogens is 180 g/mol. The molecule has 14 heavy (non-hydrogen) atoms. The highest BCUT2D eigenvalue weighted by molar-refractivity contribution is 5.66. The summed E-state index contributed by atoms with van der Waals surface area (Å²) in [6.45, 7) is 5.73. The van der Waals surface area contributed by atoms with E-state index in [1.807, 2.05) is 20.8 Å². The van der Waals surface area contributed by atoms with Crippen LogP contribution in [0, 0.1) is 0 Å². The van der Waals surface area contributed by atoms with E-state index >= 15 is 0 Å². The Bertz CT molecular complexity index is 223. The summed E-state index contributed by atoms with van der Waals surface area (Å²) in [4.78, 5) is 12.7. The Morgan fingerprint density at radius 1 is 1.43 bits per heavy atom. The molecule has 1 saturated carbocycles. The maximum atomic E-state index is 11.1. The van der Waals surface area contributed by atoms with Crippen LogP contribution in [0.2, 0.25) is 0 Å². The minimum atomic E-state index is -0.861. The SMILES string of the molecule is CC(C)(C)N(C(=O)O)C1CCCC1N. The second-order valence-electron chi connectivity index (χ2n) is 4.99. The van der Waals surface area contributed by atoms with Crippen molar-refractivity contribution in [1.82, 2.24) is 4.90 Å². The minimum Gasteiger partial charge on any atom is -0.465 e. The van der Waals surface area contributed by atoms with Crippen molar-refractivity contribution in [3.63, 3.8) is 0 Å². The topological polar surface area (TPSA) is 66.6 Å². The third-order valence-corrected chi connectivity index (χ3v) is 2.79. The van der Waals surface area contributed by atoms with E-state index in [2.05, 4.69) is 0 Å². The van der Waals surface area contributed by atoms with Crippen LogP contribution in [-0.4, -0.2) is 33.7 Å².